The Morgan fingerprint density at radius 3 is 2.56 bits per heavy atom. The minimum atomic E-state index is -0.458. The minimum absolute atomic E-state index is 0.139. The molecule has 2 rings (SSSR count). The van der Waals surface area contributed by atoms with Crippen molar-refractivity contribution in [1.29, 1.82) is 0 Å². The van der Waals surface area contributed by atoms with E-state index in [1.54, 1.807) is 19.1 Å². The second-order valence-electron chi connectivity index (χ2n) is 5.52. The predicted octanol–water partition coefficient (Wildman–Crippen LogP) is 4.15. The molecule has 1 amide bonds. The molecule has 2 aromatic carbocycles. The first-order valence-corrected chi connectivity index (χ1v) is 8.25. The number of carbonyl (C=O) groups excluding carboxylic acids is 2. The third-order valence-corrected chi connectivity index (χ3v) is 3.77. The smallest absolute Gasteiger partial charge is 0.338 e. The van der Waals surface area contributed by atoms with Crippen LogP contribution in [0.2, 0.25) is 5.02 Å². The number of anilines is 1. The maximum absolute atomic E-state index is 12.1. The van der Waals surface area contributed by atoms with Gasteiger partial charge in [0.15, 0.2) is 6.61 Å². The molecule has 0 spiro atoms. The van der Waals surface area contributed by atoms with Gasteiger partial charge in [-0.1, -0.05) is 23.7 Å². The molecular weight excluding hydrogens is 342 g/mol. The van der Waals surface area contributed by atoms with Crippen molar-refractivity contribution in [1.82, 2.24) is 0 Å². The highest BCUT2D eigenvalue weighted by Gasteiger charge is 2.12. The summed E-state index contributed by atoms with van der Waals surface area (Å²) in [5.41, 5.74) is 2.74. The van der Waals surface area contributed by atoms with Gasteiger partial charge in [0.2, 0.25) is 0 Å². The summed E-state index contributed by atoms with van der Waals surface area (Å²) >= 11 is 6.12. The molecule has 0 aliphatic rings. The van der Waals surface area contributed by atoms with Gasteiger partial charge in [0.05, 0.1) is 22.9 Å². The number of amides is 1. The number of esters is 1. The average molecular weight is 362 g/mol. The van der Waals surface area contributed by atoms with Gasteiger partial charge in [0, 0.05) is 0 Å². The van der Waals surface area contributed by atoms with Crippen molar-refractivity contribution in [2.45, 2.75) is 20.8 Å². The van der Waals surface area contributed by atoms with Gasteiger partial charge in [-0.3, -0.25) is 4.79 Å². The molecular formula is C19H20ClNO4. The van der Waals surface area contributed by atoms with Gasteiger partial charge in [-0.15, -0.1) is 0 Å². The molecule has 0 radical (unpaired) electrons. The first kappa shape index (κ1) is 18.8. The fourth-order valence-corrected chi connectivity index (χ4v) is 2.38. The van der Waals surface area contributed by atoms with Crippen molar-refractivity contribution in [2.24, 2.45) is 0 Å². The number of aryl methyl sites for hydroxylation is 2. The molecule has 0 saturated heterocycles. The van der Waals surface area contributed by atoms with E-state index in [1.165, 1.54) is 6.07 Å². The summed E-state index contributed by atoms with van der Waals surface area (Å²) in [5, 5.41) is 2.92. The lowest BCUT2D eigenvalue weighted by Crippen LogP contribution is -2.20. The second kappa shape index (κ2) is 8.53. The Labute approximate surface area is 151 Å². The molecule has 0 heterocycles. The summed E-state index contributed by atoms with van der Waals surface area (Å²) in [4.78, 5) is 23.7. The van der Waals surface area contributed by atoms with E-state index in [9.17, 15) is 9.59 Å². The van der Waals surface area contributed by atoms with Crippen LogP contribution in [0.1, 0.15) is 28.4 Å². The summed E-state index contributed by atoms with van der Waals surface area (Å²) < 4.78 is 10.5. The number of benzene rings is 2. The molecule has 2 aromatic rings. The fraction of sp³-hybridized carbons (Fsp3) is 0.263. The van der Waals surface area contributed by atoms with E-state index in [4.69, 9.17) is 21.1 Å². The Morgan fingerprint density at radius 1 is 1.12 bits per heavy atom. The molecule has 1 N–H and O–H groups in total. The lowest BCUT2D eigenvalue weighted by Gasteiger charge is -2.11. The van der Waals surface area contributed by atoms with Crippen molar-refractivity contribution in [3.63, 3.8) is 0 Å². The van der Waals surface area contributed by atoms with Crippen LogP contribution >= 0.6 is 11.6 Å². The number of carbonyl (C=O) groups is 2. The summed E-state index contributed by atoms with van der Waals surface area (Å²) in [5.74, 6) is -0.133. The molecule has 0 atom stereocenters. The quantitative estimate of drug-likeness (QED) is 0.785. The molecule has 0 aromatic heterocycles. The first-order valence-electron chi connectivity index (χ1n) is 7.87. The predicted molar refractivity (Wildman–Crippen MR) is 97.4 cm³/mol. The van der Waals surface area contributed by atoms with Crippen LogP contribution in [0, 0.1) is 13.8 Å². The third kappa shape index (κ3) is 5.22. The monoisotopic (exact) mass is 361 g/mol. The molecule has 0 unspecified atom stereocenters. The Morgan fingerprint density at radius 2 is 1.88 bits per heavy atom. The summed E-state index contributed by atoms with van der Waals surface area (Å²) in [6, 6.07) is 10.4. The van der Waals surface area contributed by atoms with Crippen molar-refractivity contribution < 1.29 is 19.1 Å². The zero-order valence-electron chi connectivity index (χ0n) is 14.4. The van der Waals surface area contributed by atoms with Crippen LogP contribution in [0.5, 0.6) is 5.75 Å². The van der Waals surface area contributed by atoms with E-state index in [0.717, 1.165) is 11.1 Å². The van der Waals surface area contributed by atoms with Gasteiger partial charge in [-0.25, -0.2) is 4.79 Å². The van der Waals surface area contributed by atoms with E-state index in [2.05, 4.69) is 5.32 Å². The zero-order chi connectivity index (χ0) is 18.4. The van der Waals surface area contributed by atoms with Crippen LogP contribution in [0.15, 0.2) is 36.4 Å². The molecule has 132 valence electrons. The first-order chi connectivity index (χ1) is 11.9. The molecule has 0 fully saturated rings. The molecule has 25 heavy (non-hydrogen) atoms. The van der Waals surface area contributed by atoms with E-state index < -0.39 is 5.97 Å². The van der Waals surface area contributed by atoms with Gasteiger partial charge in [-0.2, -0.15) is 0 Å². The number of ether oxygens (including phenoxy) is 2. The highest BCUT2D eigenvalue weighted by Crippen LogP contribution is 2.24. The van der Waals surface area contributed by atoms with Crippen LogP contribution in [0.25, 0.3) is 0 Å². The number of nitrogens with one attached hydrogen (secondary N) is 1. The summed E-state index contributed by atoms with van der Waals surface area (Å²) in [6.45, 7) is 5.74. The van der Waals surface area contributed by atoms with Gasteiger partial charge in [-0.05, 0) is 56.2 Å². The molecule has 6 heteroatoms. The van der Waals surface area contributed by atoms with Gasteiger partial charge < -0.3 is 14.8 Å². The number of halogens is 1. The zero-order valence-corrected chi connectivity index (χ0v) is 15.1. The van der Waals surface area contributed by atoms with E-state index >= 15 is 0 Å². The number of rotatable bonds is 6. The SMILES string of the molecule is CCOC(=O)c1ccc(NC(=O)COc2cc(C)ccc2C)c(Cl)c1. The van der Waals surface area contributed by atoms with Crippen molar-refractivity contribution in [3.05, 3.63) is 58.1 Å². The van der Waals surface area contributed by atoms with Crippen molar-refractivity contribution >= 4 is 29.2 Å². The van der Waals surface area contributed by atoms with E-state index in [1.807, 2.05) is 32.0 Å². The molecule has 5 nitrogen and oxygen atoms in total. The second-order valence-corrected chi connectivity index (χ2v) is 5.93. The van der Waals surface area contributed by atoms with Crippen LogP contribution in [-0.4, -0.2) is 25.1 Å². The Hall–Kier alpha value is -2.53. The number of hydrogen-bond donors (Lipinski definition) is 1. The van der Waals surface area contributed by atoms with Crippen LogP contribution in [-0.2, 0) is 9.53 Å². The fourth-order valence-electron chi connectivity index (χ4n) is 2.15. The summed E-state index contributed by atoms with van der Waals surface area (Å²) in [6.07, 6.45) is 0. The van der Waals surface area contributed by atoms with Crippen LogP contribution in [0.4, 0.5) is 5.69 Å². The topological polar surface area (TPSA) is 64.6 Å². The number of hydrogen-bond acceptors (Lipinski definition) is 4. The lowest BCUT2D eigenvalue weighted by molar-refractivity contribution is -0.118. The molecule has 0 saturated carbocycles. The largest absolute Gasteiger partial charge is 0.483 e. The van der Waals surface area contributed by atoms with Crippen LogP contribution in [0.3, 0.4) is 0 Å². The van der Waals surface area contributed by atoms with Gasteiger partial charge in [0.25, 0.3) is 5.91 Å². The summed E-state index contributed by atoms with van der Waals surface area (Å²) in [7, 11) is 0. The van der Waals surface area contributed by atoms with E-state index in [0.29, 0.717) is 17.0 Å². The highest BCUT2D eigenvalue weighted by molar-refractivity contribution is 6.34. The minimum Gasteiger partial charge on any atom is -0.483 e. The Bertz CT molecular complexity index is 789. The standard InChI is InChI=1S/C19H20ClNO4/c1-4-24-19(23)14-7-8-16(15(20)10-14)21-18(22)11-25-17-9-12(2)5-6-13(17)3/h5-10H,4,11H2,1-3H3,(H,21,22). The van der Waals surface area contributed by atoms with Crippen molar-refractivity contribution in [3.8, 4) is 5.75 Å². The van der Waals surface area contributed by atoms with Crippen LogP contribution < -0.4 is 10.1 Å². The Balaban J connectivity index is 1.98. The van der Waals surface area contributed by atoms with E-state index in [-0.39, 0.29) is 24.1 Å². The molecule has 0 aliphatic carbocycles. The lowest BCUT2D eigenvalue weighted by atomic mass is 10.1. The highest BCUT2D eigenvalue weighted by atomic mass is 35.5. The third-order valence-electron chi connectivity index (χ3n) is 3.46. The van der Waals surface area contributed by atoms with Crippen molar-refractivity contribution in [2.75, 3.05) is 18.5 Å². The molecule has 0 aliphatic heterocycles. The maximum Gasteiger partial charge on any atom is 0.338 e. The Kier molecular flexibility index (Phi) is 6.42. The maximum atomic E-state index is 12.1. The van der Waals surface area contributed by atoms with Gasteiger partial charge in [0.1, 0.15) is 5.75 Å². The van der Waals surface area contributed by atoms with Gasteiger partial charge >= 0.3 is 5.97 Å². The average Bonchev–Trinajstić information content (AvgIpc) is 2.57. The molecule has 0 bridgehead atoms. The normalized spacial score (nSPS) is 10.2.